The maximum Gasteiger partial charge on any atom is 0.119 e. The van der Waals surface area contributed by atoms with Gasteiger partial charge in [0.15, 0.2) is 0 Å². The van der Waals surface area contributed by atoms with Crippen LogP contribution in [0.2, 0.25) is 5.02 Å². The molecule has 0 saturated heterocycles. The number of halogens is 1. The summed E-state index contributed by atoms with van der Waals surface area (Å²) in [5.74, 6) is 0.818. The Kier molecular flexibility index (Phi) is 4.15. The van der Waals surface area contributed by atoms with Gasteiger partial charge in [-0.2, -0.15) is 0 Å². The number of thiophene rings is 1. The molecule has 1 N–H and O–H groups in total. The Morgan fingerprint density at radius 3 is 2.81 bits per heavy atom. The van der Waals surface area contributed by atoms with Crippen molar-refractivity contribution in [3.05, 3.63) is 63.3 Å². The average Bonchev–Trinajstić information content (AvgIpc) is 2.93. The highest BCUT2D eigenvalue weighted by Crippen LogP contribution is 2.33. The number of rotatable bonds is 4. The van der Waals surface area contributed by atoms with E-state index in [0.717, 1.165) is 27.0 Å². The molecule has 0 radical (unpaired) electrons. The zero-order valence-electron chi connectivity index (χ0n) is 11.5. The third kappa shape index (κ3) is 2.91. The van der Waals surface area contributed by atoms with Gasteiger partial charge in [0, 0.05) is 6.42 Å². The van der Waals surface area contributed by atoms with Crippen molar-refractivity contribution in [3.63, 3.8) is 0 Å². The summed E-state index contributed by atoms with van der Waals surface area (Å²) in [6.07, 6.45) is -0.0561. The fourth-order valence-electron chi connectivity index (χ4n) is 2.47. The lowest BCUT2D eigenvalue weighted by atomic mass is 9.99. The van der Waals surface area contributed by atoms with E-state index in [1.165, 1.54) is 11.3 Å². The third-order valence-corrected chi connectivity index (χ3v) is 5.00. The zero-order valence-corrected chi connectivity index (χ0v) is 13.1. The van der Waals surface area contributed by atoms with Gasteiger partial charge in [0.1, 0.15) is 5.75 Å². The maximum absolute atomic E-state index is 10.4. The van der Waals surface area contributed by atoms with Gasteiger partial charge in [0.2, 0.25) is 0 Å². The summed E-state index contributed by atoms with van der Waals surface area (Å²) in [6, 6.07) is 13.9. The molecule has 0 saturated carbocycles. The number of methoxy groups -OCH3 is 1. The monoisotopic (exact) mass is 318 g/mol. The van der Waals surface area contributed by atoms with Crippen molar-refractivity contribution in [3.8, 4) is 5.75 Å². The molecule has 0 bridgehead atoms. The summed E-state index contributed by atoms with van der Waals surface area (Å²) in [7, 11) is 1.66. The van der Waals surface area contributed by atoms with E-state index in [1.807, 2.05) is 41.8 Å². The lowest BCUT2D eigenvalue weighted by molar-refractivity contribution is 0.183. The number of benzene rings is 2. The molecule has 2 nitrogen and oxygen atoms in total. The molecule has 2 aromatic carbocycles. The topological polar surface area (TPSA) is 29.5 Å². The smallest absolute Gasteiger partial charge is 0.119 e. The van der Waals surface area contributed by atoms with Crippen LogP contribution in [0.25, 0.3) is 10.8 Å². The van der Waals surface area contributed by atoms with Gasteiger partial charge in [-0.15, -0.1) is 11.3 Å². The highest BCUT2D eigenvalue weighted by atomic mass is 35.5. The van der Waals surface area contributed by atoms with Crippen LogP contribution in [0.1, 0.15) is 16.5 Å². The average molecular weight is 319 g/mol. The van der Waals surface area contributed by atoms with Gasteiger partial charge in [-0.05, 0) is 39.9 Å². The van der Waals surface area contributed by atoms with Gasteiger partial charge in [0.05, 0.1) is 23.1 Å². The second-order valence-electron chi connectivity index (χ2n) is 4.86. The first kappa shape index (κ1) is 14.4. The number of fused-ring (bicyclic) bond motifs is 1. The minimum atomic E-state index is -0.589. The van der Waals surface area contributed by atoms with Crippen LogP contribution in [0.4, 0.5) is 0 Å². The Morgan fingerprint density at radius 2 is 2.10 bits per heavy atom. The van der Waals surface area contributed by atoms with E-state index in [1.54, 1.807) is 7.11 Å². The molecule has 1 aromatic heterocycles. The van der Waals surface area contributed by atoms with Gasteiger partial charge >= 0.3 is 0 Å². The standard InChI is InChI=1S/C17H15ClO2S/c1-20-13-6-5-11-3-2-4-12(14(11)10-13)9-16(19)17-15(18)7-8-21-17/h2-8,10,16,19H,9H2,1H3. The molecule has 21 heavy (non-hydrogen) atoms. The van der Waals surface area contributed by atoms with E-state index >= 15 is 0 Å². The van der Waals surface area contributed by atoms with E-state index in [-0.39, 0.29) is 0 Å². The Balaban J connectivity index is 1.98. The first-order valence-corrected chi connectivity index (χ1v) is 7.91. The zero-order chi connectivity index (χ0) is 14.8. The molecule has 3 rings (SSSR count). The van der Waals surface area contributed by atoms with Crippen molar-refractivity contribution >= 4 is 33.7 Å². The van der Waals surface area contributed by atoms with Crippen molar-refractivity contribution in [1.29, 1.82) is 0 Å². The maximum atomic E-state index is 10.4. The highest BCUT2D eigenvalue weighted by Gasteiger charge is 2.15. The fraction of sp³-hybridized carbons (Fsp3) is 0.176. The minimum Gasteiger partial charge on any atom is -0.497 e. The molecule has 1 unspecified atom stereocenters. The Labute approximate surface area is 132 Å². The molecule has 0 fully saturated rings. The quantitative estimate of drug-likeness (QED) is 0.746. The predicted octanol–water partition coefficient (Wildman–Crippen LogP) is 4.84. The van der Waals surface area contributed by atoms with E-state index in [0.29, 0.717) is 11.4 Å². The van der Waals surface area contributed by atoms with Gasteiger partial charge in [-0.1, -0.05) is 35.9 Å². The van der Waals surface area contributed by atoms with Crippen molar-refractivity contribution in [1.82, 2.24) is 0 Å². The van der Waals surface area contributed by atoms with Gasteiger partial charge in [-0.3, -0.25) is 0 Å². The van der Waals surface area contributed by atoms with Crippen LogP contribution in [-0.4, -0.2) is 12.2 Å². The summed E-state index contributed by atoms with van der Waals surface area (Å²) in [5.41, 5.74) is 1.09. The molecular formula is C17H15ClO2S. The first-order chi connectivity index (χ1) is 10.2. The van der Waals surface area contributed by atoms with Crippen LogP contribution in [0.5, 0.6) is 5.75 Å². The molecule has 0 aliphatic heterocycles. The lowest BCUT2D eigenvalue weighted by Crippen LogP contribution is -2.01. The summed E-state index contributed by atoms with van der Waals surface area (Å²) in [4.78, 5) is 0.816. The number of aliphatic hydroxyl groups is 1. The summed E-state index contributed by atoms with van der Waals surface area (Å²) < 4.78 is 5.29. The van der Waals surface area contributed by atoms with Crippen molar-refractivity contribution in [2.45, 2.75) is 12.5 Å². The molecule has 0 spiro atoms. The Bertz CT molecular complexity index is 766. The third-order valence-electron chi connectivity index (χ3n) is 3.54. The summed E-state index contributed by atoms with van der Waals surface area (Å²) >= 11 is 7.58. The van der Waals surface area contributed by atoms with Gasteiger partial charge in [0.25, 0.3) is 0 Å². The molecule has 4 heteroatoms. The summed E-state index contributed by atoms with van der Waals surface area (Å²) in [5, 5.41) is 15.2. The molecule has 3 aromatic rings. The molecule has 0 aliphatic carbocycles. The first-order valence-electron chi connectivity index (χ1n) is 6.65. The van der Waals surface area contributed by atoms with Crippen LogP contribution in [0.3, 0.4) is 0 Å². The molecule has 108 valence electrons. The van der Waals surface area contributed by atoms with E-state index in [4.69, 9.17) is 16.3 Å². The minimum absolute atomic E-state index is 0.532. The number of hydrogen-bond donors (Lipinski definition) is 1. The predicted molar refractivity (Wildman–Crippen MR) is 88.5 cm³/mol. The van der Waals surface area contributed by atoms with Crippen LogP contribution < -0.4 is 4.74 Å². The molecule has 1 atom stereocenters. The number of aliphatic hydroxyl groups excluding tert-OH is 1. The molecule has 0 aliphatic rings. The van der Waals surface area contributed by atoms with Crippen LogP contribution in [0, 0.1) is 0 Å². The second-order valence-corrected chi connectivity index (χ2v) is 6.21. The van der Waals surface area contributed by atoms with Gasteiger partial charge < -0.3 is 9.84 Å². The van der Waals surface area contributed by atoms with E-state index in [2.05, 4.69) is 6.07 Å². The Morgan fingerprint density at radius 1 is 1.24 bits per heavy atom. The van der Waals surface area contributed by atoms with Crippen LogP contribution in [-0.2, 0) is 6.42 Å². The van der Waals surface area contributed by atoms with E-state index in [9.17, 15) is 5.11 Å². The van der Waals surface area contributed by atoms with Crippen molar-refractivity contribution < 1.29 is 9.84 Å². The number of hydrogen-bond acceptors (Lipinski definition) is 3. The largest absolute Gasteiger partial charge is 0.497 e. The van der Waals surface area contributed by atoms with Crippen molar-refractivity contribution in [2.24, 2.45) is 0 Å². The highest BCUT2D eigenvalue weighted by molar-refractivity contribution is 7.10. The molecule has 1 heterocycles. The number of ether oxygens (including phenoxy) is 1. The fourth-order valence-corrected chi connectivity index (χ4v) is 3.63. The summed E-state index contributed by atoms with van der Waals surface area (Å²) in [6.45, 7) is 0. The lowest BCUT2D eigenvalue weighted by Gasteiger charge is -2.12. The Hall–Kier alpha value is -1.55. The normalized spacial score (nSPS) is 12.5. The van der Waals surface area contributed by atoms with Crippen LogP contribution in [0.15, 0.2) is 47.8 Å². The molecular weight excluding hydrogens is 304 g/mol. The van der Waals surface area contributed by atoms with Gasteiger partial charge in [-0.25, -0.2) is 0 Å². The molecule has 0 amide bonds. The van der Waals surface area contributed by atoms with E-state index < -0.39 is 6.10 Å². The van der Waals surface area contributed by atoms with Crippen molar-refractivity contribution in [2.75, 3.05) is 7.11 Å². The second kappa shape index (κ2) is 6.06. The SMILES string of the molecule is COc1ccc2cccc(CC(O)c3sccc3Cl)c2c1. The van der Waals surface area contributed by atoms with Crippen LogP contribution >= 0.6 is 22.9 Å².